The highest BCUT2D eigenvalue weighted by atomic mass is 16.5. The summed E-state index contributed by atoms with van der Waals surface area (Å²) >= 11 is 0. The Hall–Kier alpha value is -1.98. The molecular weight excluding hydrogens is 314 g/mol. The molecular formula is C20H25N3O2. The topological polar surface area (TPSA) is 58.4 Å². The summed E-state index contributed by atoms with van der Waals surface area (Å²) < 4.78 is 5.47. The molecule has 132 valence electrons. The third-order valence-corrected chi connectivity index (χ3v) is 5.38. The van der Waals surface area contributed by atoms with Gasteiger partial charge in [-0.3, -0.25) is 4.79 Å². The summed E-state index contributed by atoms with van der Waals surface area (Å²) in [7, 11) is 0. The Balaban J connectivity index is 1.43. The lowest BCUT2D eigenvalue weighted by Gasteiger charge is -2.28. The van der Waals surface area contributed by atoms with Crippen LogP contribution in [-0.2, 0) is 6.42 Å². The predicted octanol–water partition coefficient (Wildman–Crippen LogP) is 2.77. The summed E-state index contributed by atoms with van der Waals surface area (Å²) in [6.07, 6.45) is 3.75. The Morgan fingerprint density at radius 3 is 2.80 bits per heavy atom. The third kappa shape index (κ3) is 3.53. The lowest BCUT2D eigenvalue weighted by molar-refractivity contribution is 0.0884. The smallest absolute Gasteiger partial charge is 0.171 e. The maximum atomic E-state index is 13.0. The minimum atomic E-state index is 0.109. The zero-order valence-corrected chi connectivity index (χ0v) is 14.5. The van der Waals surface area contributed by atoms with Crippen molar-refractivity contribution in [3.63, 3.8) is 0 Å². The monoisotopic (exact) mass is 339 g/mol. The molecule has 5 nitrogen and oxygen atoms in total. The molecule has 2 heterocycles. The van der Waals surface area contributed by atoms with E-state index in [2.05, 4.69) is 15.4 Å². The zero-order valence-electron chi connectivity index (χ0n) is 14.5. The number of carbonyl (C=O) groups is 1. The van der Waals surface area contributed by atoms with Gasteiger partial charge >= 0.3 is 0 Å². The number of piperazine rings is 1. The Morgan fingerprint density at radius 1 is 1.20 bits per heavy atom. The van der Waals surface area contributed by atoms with Crippen molar-refractivity contribution < 1.29 is 9.32 Å². The maximum absolute atomic E-state index is 13.0. The van der Waals surface area contributed by atoms with Crippen LogP contribution in [0.15, 0.2) is 34.9 Å². The number of Topliss-reactive ketones (excluding diaryl/α,β-unsaturated/α-hetero) is 1. The second-order valence-electron chi connectivity index (χ2n) is 7.03. The number of ketones is 1. The molecule has 25 heavy (non-hydrogen) atoms. The van der Waals surface area contributed by atoms with E-state index in [1.165, 1.54) is 0 Å². The van der Waals surface area contributed by atoms with Crippen molar-refractivity contribution in [1.29, 1.82) is 0 Å². The molecule has 2 aliphatic rings. The van der Waals surface area contributed by atoms with Crippen molar-refractivity contribution in [3.05, 3.63) is 41.7 Å². The van der Waals surface area contributed by atoms with E-state index in [0.717, 1.165) is 75.3 Å². The number of carbonyl (C=O) groups excluding carboxylic acids is 1. The van der Waals surface area contributed by atoms with Crippen molar-refractivity contribution in [3.8, 4) is 11.3 Å². The molecule has 1 saturated heterocycles. The highest BCUT2D eigenvalue weighted by Gasteiger charge is 2.33. The number of hydrogen-bond donors (Lipinski definition) is 1. The second-order valence-corrected chi connectivity index (χ2v) is 7.03. The summed E-state index contributed by atoms with van der Waals surface area (Å²) in [5, 5.41) is 7.57. The van der Waals surface area contributed by atoms with Gasteiger partial charge in [0.1, 0.15) is 11.5 Å². The molecule has 0 saturated carbocycles. The molecule has 1 fully saturated rings. The Morgan fingerprint density at radius 2 is 2.00 bits per heavy atom. The van der Waals surface area contributed by atoms with Crippen LogP contribution >= 0.6 is 0 Å². The average molecular weight is 339 g/mol. The van der Waals surface area contributed by atoms with Crippen molar-refractivity contribution in [2.24, 2.45) is 5.92 Å². The molecule has 1 aromatic carbocycles. The number of fused-ring (bicyclic) bond motifs is 1. The molecule has 0 amide bonds. The molecule has 0 radical (unpaired) electrons. The van der Waals surface area contributed by atoms with Gasteiger partial charge in [-0.25, -0.2) is 0 Å². The number of nitrogens with one attached hydrogen (secondary N) is 1. The Bertz CT molecular complexity index is 720. The molecule has 5 heteroatoms. The summed E-state index contributed by atoms with van der Waals surface area (Å²) in [6, 6.07) is 9.87. The second kappa shape index (κ2) is 7.50. The molecule has 0 spiro atoms. The van der Waals surface area contributed by atoms with Crippen LogP contribution in [0.25, 0.3) is 11.3 Å². The van der Waals surface area contributed by atoms with E-state index in [-0.39, 0.29) is 11.7 Å². The highest BCUT2D eigenvalue weighted by molar-refractivity contribution is 6.04. The van der Waals surface area contributed by atoms with E-state index in [0.29, 0.717) is 5.69 Å². The van der Waals surface area contributed by atoms with Crippen LogP contribution in [0.5, 0.6) is 0 Å². The fourth-order valence-corrected chi connectivity index (χ4v) is 3.95. The summed E-state index contributed by atoms with van der Waals surface area (Å²) in [6.45, 7) is 5.48. The number of nitrogens with zero attached hydrogens (tertiary/aromatic N) is 2. The molecule has 4 rings (SSSR count). The van der Waals surface area contributed by atoms with E-state index >= 15 is 0 Å². The minimum absolute atomic E-state index is 0.109. The Kier molecular flexibility index (Phi) is 4.95. The normalized spacial score (nSPS) is 21.3. The summed E-state index contributed by atoms with van der Waals surface area (Å²) in [4.78, 5) is 15.5. The number of aromatic nitrogens is 1. The van der Waals surface area contributed by atoms with Crippen LogP contribution < -0.4 is 5.32 Å². The van der Waals surface area contributed by atoms with E-state index < -0.39 is 0 Å². The number of rotatable bonds is 5. The lowest BCUT2D eigenvalue weighted by Crippen LogP contribution is -2.43. The zero-order chi connectivity index (χ0) is 17.1. The van der Waals surface area contributed by atoms with Crippen LogP contribution in [0.1, 0.15) is 35.4 Å². The molecule has 2 aromatic rings. The lowest BCUT2D eigenvalue weighted by atomic mass is 9.82. The number of aryl methyl sites for hydroxylation is 1. The van der Waals surface area contributed by atoms with E-state index in [4.69, 9.17) is 4.52 Å². The van der Waals surface area contributed by atoms with Gasteiger partial charge in [0.2, 0.25) is 0 Å². The first-order chi connectivity index (χ1) is 12.3. The highest BCUT2D eigenvalue weighted by Crippen LogP contribution is 2.35. The molecule has 1 aliphatic heterocycles. The van der Waals surface area contributed by atoms with Crippen LogP contribution in [0.2, 0.25) is 0 Å². The predicted molar refractivity (Wildman–Crippen MR) is 96.6 cm³/mol. The number of hydrogen-bond acceptors (Lipinski definition) is 5. The third-order valence-electron chi connectivity index (χ3n) is 5.38. The molecule has 0 bridgehead atoms. The van der Waals surface area contributed by atoms with Crippen molar-refractivity contribution in [2.45, 2.75) is 25.7 Å². The molecule has 1 atom stereocenters. The van der Waals surface area contributed by atoms with Gasteiger partial charge in [-0.05, 0) is 25.8 Å². The van der Waals surface area contributed by atoms with Gasteiger partial charge in [0, 0.05) is 44.1 Å². The number of benzene rings is 1. The minimum Gasteiger partial charge on any atom is -0.360 e. The largest absolute Gasteiger partial charge is 0.360 e. The SMILES string of the molecule is O=C1c2c(-c3ccccc3)noc2CCC1CCCN1CCNCC1. The maximum Gasteiger partial charge on any atom is 0.171 e. The molecule has 1 N–H and O–H groups in total. The Labute approximate surface area is 148 Å². The average Bonchev–Trinajstić information content (AvgIpc) is 3.10. The standard InChI is InChI=1S/C20H25N3O2/c24-20-16(7-4-12-23-13-10-21-11-14-23)8-9-17-18(20)19(22-25-17)15-5-2-1-3-6-15/h1-3,5-6,16,21H,4,7-14H2. The first-order valence-electron chi connectivity index (χ1n) is 9.34. The van der Waals surface area contributed by atoms with Gasteiger partial charge in [-0.1, -0.05) is 35.5 Å². The first-order valence-corrected chi connectivity index (χ1v) is 9.34. The summed E-state index contributed by atoms with van der Waals surface area (Å²) in [5.74, 6) is 1.10. The van der Waals surface area contributed by atoms with Gasteiger partial charge in [-0.15, -0.1) is 0 Å². The van der Waals surface area contributed by atoms with Gasteiger partial charge in [-0.2, -0.15) is 0 Å². The van der Waals surface area contributed by atoms with Crippen LogP contribution in [0.3, 0.4) is 0 Å². The van der Waals surface area contributed by atoms with E-state index in [9.17, 15) is 4.79 Å². The molecule has 1 aliphatic carbocycles. The van der Waals surface area contributed by atoms with Gasteiger partial charge < -0.3 is 14.7 Å². The van der Waals surface area contributed by atoms with E-state index in [1.54, 1.807) is 0 Å². The van der Waals surface area contributed by atoms with Crippen molar-refractivity contribution in [2.75, 3.05) is 32.7 Å². The fourth-order valence-electron chi connectivity index (χ4n) is 3.95. The fraction of sp³-hybridized carbons (Fsp3) is 0.500. The van der Waals surface area contributed by atoms with Gasteiger partial charge in [0.15, 0.2) is 5.78 Å². The quantitative estimate of drug-likeness (QED) is 0.908. The van der Waals surface area contributed by atoms with Gasteiger partial charge in [0.05, 0.1) is 5.56 Å². The first kappa shape index (κ1) is 16.5. The molecule has 1 unspecified atom stereocenters. The van der Waals surface area contributed by atoms with Crippen molar-refractivity contribution in [1.82, 2.24) is 15.4 Å². The molecule has 1 aromatic heterocycles. The van der Waals surface area contributed by atoms with E-state index in [1.807, 2.05) is 30.3 Å². The summed E-state index contributed by atoms with van der Waals surface area (Å²) in [5.41, 5.74) is 2.40. The van der Waals surface area contributed by atoms with Crippen LogP contribution in [0, 0.1) is 5.92 Å². The van der Waals surface area contributed by atoms with Crippen molar-refractivity contribution >= 4 is 5.78 Å². The van der Waals surface area contributed by atoms with Crippen LogP contribution in [0.4, 0.5) is 0 Å². The van der Waals surface area contributed by atoms with Gasteiger partial charge in [0.25, 0.3) is 0 Å². The van der Waals surface area contributed by atoms with Crippen LogP contribution in [-0.4, -0.2) is 48.6 Å².